The number of para-hydroxylation sites is 1. The summed E-state index contributed by atoms with van der Waals surface area (Å²) in [5, 5.41) is 13.0. The fraction of sp³-hybridized carbons (Fsp3) is 0.211. The Morgan fingerprint density at radius 1 is 1.09 bits per heavy atom. The van der Waals surface area contributed by atoms with Crippen LogP contribution in [0.1, 0.15) is 28.3 Å². The number of benzene rings is 2. The van der Waals surface area contributed by atoms with Gasteiger partial charge in [0.15, 0.2) is 0 Å². The molecule has 0 aliphatic heterocycles. The second-order valence-electron chi connectivity index (χ2n) is 5.48. The van der Waals surface area contributed by atoms with E-state index in [4.69, 9.17) is 4.42 Å². The maximum Gasteiger partial charge on any atom is 0.255 e. The number of nitrogens with one attached hydrogen (secondary N) is 1. The van der Waals surface area contributed by atoms with Crippen molar-refractivity contribution >= 4 is 16.9 Å². The number of hydrogen-bond donors (Lipinski definition) is 2. The summed E-state index contributed by atoms with van der Waals surface area (Å²) in [6.45, 7) is 0.562. The zero-order chi connectivity index (χ0) is 16.1. The lowest BCUT2D eigenvalue weighted by Crippen LogP contribution is -2.28. The number of fused-ring (bicyclic) bond motifs is 1. The average molecular weight is 309 g/mol. The number of rotatable bonds is 6. The first kappa shape index (κ1) is 15.3. The maximum atomic E-state index is 12.4. The van der Waals surface area contributed by atoms with Crippen LogP contribution >= 0.6 is 0 Å². The molecule has 118 valence electrons. The van der Waals surface area contributed by atoms with Crippen LogP contribution in [-0.4, -0.2) is 24.2 Å². The zero-order valence-electron chi connectivity index (χ0n) is 12.7. The van der Waals surface area contributed by atoms with Crippen LogP contribution in [0.25, 0.3) is 11.0 Å². The molecule has 3 aromatic rings. The lowest BCUT2D eigenvalue weighted by Gasteiger charge is -2.17. The quantitative estimate of drug-likeness (QED) is 0.734. The second kappa shape index (κ2) is 7.11. The summed E-state index contributed by atoms with van der Waals surface area (Å²) >= 11 is 0. The second-order valence-corrected chi connectivity index (χ2v) is 5.48. The first-order valence-corrected chi connectivity index (χ1v) is 7.70. The largest absolute Gasteiger partial charge is 0.463 e. The number of furan rings is 1. The summed E-state index contributed by atoms with van der Waals surface area (Å²) in [6.07, 6.45) is 2.10. The molecule has 23 heavy (non-hydrogen) atoms. The van der Waals surface area contributed by atoms with Crippen molar-refractivity contribution in [1.82, 2.24) is 5.32 Å². The topological polar surface area (TPSA) is 62.5 Å². The molecule has 0 saturated carbocycles. The zero-order valence-corrected chi connectivity index (χ0v) is 12.7. The molecule has 0 aliphatic carbocycles. The average Bonchev–Trinajstić information content (AvgIpc) is 3.03. The van der Waals surface area contributed by atoms with Crippen molar-refractivity contribution in [2.24, 2.45) is 0 Å². The van der Waals surface area contributed by atoms with Gasteiger partial charge in [-0.05, 0) is 18.1 Å². The molecule has 0 spiro atoms. The van der Waals surface area contributed by atoms with Crippen LogP contribution in [0.2, 0.25) is 0 Å². The number of aliphatic hydroxyl groups is 1. The molecule has 2 N–H and O–H groups in total. The Morgan fingerprint density at radius 3 is 2.61 bits per heavy atom. The molecule has 4 nitrogen and oxygen atoms in total. The number of hydrogen-bond acceptors (Lipinski definition) is 3. The summed E-state index contributed by atoms with van der Waals surface area (Å²) in [5.74, 6) is -0.0721. The minimum atomic E-state index is -0.158. The van der Waals surface area contributed by atoms with E-state index in [-0.39, 0.29) is 18.4 Å². The van der Waals surface area contributed by atoms with E-state index in [0.717, 1.165) is 10.9 Å². The van der Waals surface area contributed by atoms with Gasteiger partial charge in [-0.2, -0.15) is 0 Å². The van der Waals surface area contributed by atoms with E-state index in [2.05, 4.69) is 5.32 Å². The van der Waals surface area contributed by atoms with E-state index >= 15 is 0 Å². The van der Waals surface area contributed by atoms with E-state index in [1.54, 1.807) is 0 Å². The molecular formula is C19H19NO3. The molecule has 0 radical (unpaired) electrons. The molecule has 1 amide bonds. The van der Waals surface area contributed by atoms with Gasteiger partial charge in [-0.1, -0.05) is 48.5 Å². The fourth-order valence-corrected chi connectivity index (χ4v) is 2.73. The summed E-state index contributed by atoms with van der Waals surface area (Å²) in [6, 6.07) is 17.4. The van der Waals surface area contributed by atoms with Crippen molar-refractivity contribution in [3.63, 3.8) is 0 Å². The smallest absolute Gasteiger partial charge is 0.255 e. The van der Waals surface area contributed by atoms with Gasteiger partial charge in [0.05, 0.1) is 5.56 Å². The van der Waals surface area contributed by atoms with Gasteiger partial charge in [0, 0.05) is 24.5 Å². The van der Waals surface area contributed by atoms with Crippen LogP contribution < -0.4 is 5.32 Å². The fourth-order valence-electron chi connectivity index (χ4n) is 2.73. The molecule has 0 bridgehead atoms. The van der Waals surface area contributed by atoms with Crippen LogP contribution in [-0.2, 0) is 0 Å². The summed E-state index contributed by atoms with van der Waals surface area (Å²) in [7, 11) is 0. The predicted octanol–water partition coefficient (Wildman–Crippen LogP) is 3.33. The third-order valence-electron chi connectivity index (χ3n) is 3.98. The van der Waals surface area contributed by atoms with E-state index in [9.17, 15) is 9.90 Å². The normalized spacial score (nSPS) is 12.2. The van der Waals surface area contributed by atoms with E-state index in [1.165, 1.54) is 6.26 Å². The van der Waals surface area contributed by atoms with Crippen molar-refractivity contribution in [3.05, 3.63) is 72.0 Å². The Labute approximate surface area is 134 Å². The minimum Gasteiger partial charge on any atom is -0.463 e. The lowest BCUT2D eigenvalue weighted by atomic mass is 9.96. The monoisotopic (exact) mass is 309 g/mol. The first-order chi connectivity index (χ1) is 11.3. The van der Waals surface area contributed by atoms with Crippen LogP contribution in [0, 0.1) is 0 Å². The van der Waals surface area contributed by atoms with Crippen LogP contribution in [0.5, 0.6) is 0 Å². The van der Waals surface area contributed by atoms with E-state index < -0.39 is 0 Å². The molecule has 3 rings (SSSR count). The van der Waals surface area contributed by atoms with Gasteiger partial charge in [0.1, 0.15) is 11.8 Å². The summed E-state index contributed by atoms with van der Waals surface area (Å²) in [4.78, 5) is 12.4. The third-order valence-corrected chi connectivity index (χ3v) is 3.98. The molecule has 1 heterocycles. The molecule has 0 aliphatic rings. The molecule has 4 heteroatoms. The maximum absolute atomic E-state index is 12.4. The van der Waals surface area contributed by atoms with Crippen LogP contribution in [0.3, 0.4) is 0 Å². The number of carbonyl (C=O) groups is 1. The highest BCUT2D eigenvalue weighted by Gasteiger charge is 2.16. The van der Waals surface area contributed by atoms with Crippen molar-refractivity contribution in [2.75, 3.05) is 13.2 Å². The van der Waals surface area contributed by atoms with Crippen molar-refractivity contribution in [3.8, 4) is 0 Å². The van der Waals surface area contributed by atoms with Crippen molar-refractivity contribution in [2.45, 2.75) is 12.3 Å². The SMILES string of the molecule is O=C(NCC(CCO)c1ccccc1)c1coc2ccccc12. The number of amides is 1. The highest BCUT2D eigenvalue weighted by atomic mass is 16.3. The van der Waals surface area contributed by atoms with Crippen LogP contribution in [0.15, 0.2) is 65.3 Å². The van der Waals surface area contributed by atoms with E-state index in [1.807, 2.05) is 54.6 Å². The Kier molecular flexibility index (Phi) is 4.74. The molecule has 1 atom stereocenters. The standard InChI is InChI=1S/C19H19NO3/c21-11-10-15(14-6-2-1-3-7-14)12-20-19(22)17-13-23-18-9-5-4-8-16(17)18/h1-9,13,15,21H,10-12H2,(H,20,22). The Balaban J connectivity index is 1.72. The van der Waals surface area contributed by atoms with Gasteiger partial charge >= 0.3 is 0 Å². The van der Waals surface area contributed by atoms with Gasteiger partial charge in [-0.25, -0.2) is 0 Å². The number of aliphatic hydroxyl groups excluding tert-OH is 1. The predicted molar refractivity (Wildman–Crippen MR) is 89.4 cm³/mol. The van der Waals surface area contributed by atoms with Gasteiger partial charge in [-0.15, -0.1) is 0 Å². The molecule has 0 saturated heterocycles. The molecule has 2 aromatic carbocycles. The third kappa shape index (κ3) is 3.43. The number of carbonyl (C=O) groups excluding carboxylic acids is 1. The first-order valence-electron chi connectivity index (χ1n) is 7.70. The van der Waals surface area contributed by atoms with Gasteiger partial charge in [0.2, 0.25) is 0 Å². The Hall–Kier alpha value is -2.59. The molecule has 1 unspecified atom stereocenters. The highest BCUT2D eigenvalue weighted by Crippen LogP contribution is 2.22. The van der Waals surface area contributed by atoms with Crippen LogP contribution in [0.4, 0.5) is 0 Å². The van der Waals surface area contributed by atoms with Gasteiger partial charge in [0.25, 0.3) is 5.91 Å². The molecular weight excluding hydrogens is 290 g/mol. The highest BCUT2D eigenvalue weighted by molar-refractivity contribution is 6.05. The van der Waals surface area contributed by atoms with Crippen molar-refractivity contribution < 1.29 is 14.3 Å². The van der Waals surface area contributed by atoms with Gasteiger partial charge < -0.3 is 14.8 Å². The Morgan fingerprint density at radius 2 is 1.83 bits per heavy atom. The van der Waals surface area contributed by atoms with Gasteiger partial charge in [-0.3, -0.25) is 4.79 Å². The molecule has 0 fully saturated rings. The summed E-state index contributed by atoms with van der Waals surface area (Å²) < 4.78 is 5.41. The summed E-state index contributed by atoms with van der Waals surface area (Å²) in [5.41, 5.74) is 2.35. The molecule has 1 aromatic heterocycles. The minimum absolute atomic E-state index is 0.0864. The van der Waals surface area contributed by atoms with E-state index in [0.29, 0.717) is 24.1 Å². The lowest BCUT2D eigenvalue weighted by molar-refractivity contribution is 0.0950. The Bertz CT molecular complexity index is 779. The van der Waals surface area contributed by atoms with Crippen molar-refractivity contribution in [1.29, 1.82) is 0 Å².